The molecule has 1 heterocycles. The second kappa shape index (κ2) is 6.54. The molecule has 0 aromatic heterocycles. The largest absolute Gasteiger partial charge is 0.322 e. The summed E-state index contributed by atoms with van der Waals surface area (Å²) < 4.78 is 0. The number of nitrogens with one attached hydrogen (secondary N) is 1. The van der Waals surface area contributed by atoms with E-state index in [1.54, 1.807) is 36.4 Å². The number of rotatable bonds is 3. The third-order valence-electron chi connectivity index (χ3n) is 7.48. The number of carbonyl (C=O) groups excluding carboxylic acids is 3. The highest BCUT2D eigenvalue weighted by Crippen LogP contribution is 2.65. The Bertz CT molecular complexity index is 1140. The molecule has 6 heteroatoms. The number of hydrogen-bond donors (Lipinski definition) is 1. The van der Waals surface area contributed by atoms with Crippen LogP contribution in [0, 0.1) is 42.4 Å². The van der Waals surface area contributed by atoms with Crippen molar-refractivity contribution in [2.75, 3.05) is 10.2 Å². The van der Waals surface area contributed by atoms with Crippen LogP contribution in [0.15, 0.2) is 54.6 Å². The van der Waals surface area contributed by atoms with Gasteiger partial charge >= 0.3 is 0 Å². The van der Waals surface area contributed by atoms with Crippen molar-refractivity contribution in [1.29, 1.82) is 0 Å². The van der Waals surface area contributed by atoms with Gasteiger partial charge in [0.25, 0.3) is 5.91 Å². The van der Waals surface area contributed by atoms with Crippen LogP contribution in [0.25, 0.3) is 0 Å². The van der Waals surface area contributed by atoms with Gasteiger partial charge in [0.2, 0.25) is 11.8 Å². The summed E-state index contributed by atoms with van der Waals surface area (Å²) in [6, 6.07) is 12.0. The maximum absolute atomic E-state index is 13.2. The van der Waals surface area contributed by atoms with E-state index in [0.717, 1.165) is 12.0 Å². The van der Waals surface area contributed by atoms with Gasteiger partial charge in [0.15, 0.2) is 0 Å². The number of hydrogen-bond acceptors (Lipinski definition) is 3. The first-order valence-corrected chi connectivity index (χ1v) is 11.1. The topological polar surface area (TPSA) is 66.5 Å². The number of anilines is 2. The van der Waals surface area contributed by atoms with Crippen LogP contribution in [0.1, 0.15) is 22.3 Å². The fourth-order valence-electron chi connectivity index (χ4n) is 5.85. The predicted octanol–water partition coefficient (Wildman–Crippen LogP) is 4.46. The van der Waals surface area contributed by atoms with Crippen molar-refractivity contribution in [3.05, 3.63) is 70.8 Å². The quantitative estimate of drug-likeness (QED) is 0.575. The molecule has 31 heavy (non-hydrogen) atoms. The SMILES string of the molecule is Cc1ccc(NC(=O)c2ccc(N3C(=O)[C@@H]4[C@H]5C=C[C@@H]([C@@H]6C[C@@H]56)[C@H]4C3=O)cc2)cc1Cl. The van der Waals surface area contributed by atoms with Gasteiger partial charge in [0.1, 0.15) is 0 Å². The summed E-state index contributed by atoms with van der Waals surface area (Å²) in [5.74, 6) is 0.657. The van der Waals surface area contributed by atoms with E-state index < -0.39 is 0 Å². The summed E-state index contributed by atoms with van der Waals surface area (Å²) in [7, 11) is 0. The van der Waals surface area contributed by atoms with E-state index in [2.05, 4.69) is 17.5 Å². The highest BCUT2D eigenvalue weighted by molar-refractivity contribution is 6.31. The van der Waals surface area contributed by atoms with Crippen LogP contribution in [0.5, 0.6) is 0 Å². The molecule has 2 aromatic carbocycles. The van der Waals surface area contributed by atoms with E-state index in [4.69, 9.17) is 11.6 Å². The summed E-state index contributed by atoms with van der Waals surface area (Å²) >= 11 is 6.13. The molecule has 5 nitrogen and oxygen atoms in total. The Balaban J connectivity index is 1.22. The highest BCUT2D eigenvalue weighted by atomic mass is 35.5. The molecular formula is C25H21ClN2O3. The van der Waals surface area contributed by atoms with E-state index in [1.165, 1.54) is 4.90 Å². The molecule has 0 spiro atoms. The van der Waals surface area contributed by atoms with Gasteiger partial charge in [-0.3, -0.25) is 19.3 Å². The monoisotopic (exact) mass is 432 g/mol. The minimum absolute atomic E-state index is 0.0915. The van der Waals surface area contributed by atoms with E-state index in [-0.39, 0.29) is 41.4 Å². The lowest BCUT2D eigenvalue weighted by molar-refractivity contribution is -0.124. The molecule has 1 aliphatic heterocycles. The Kier molecular flexibility index (Phi) is 3.97. The summed E-state index contributed by atoms with van der Waals surface area (Å²) in [5.41, 5.74) is 2.53. The number of carbonyl (C=O) groups is 3. The summed E-state index contributed by atoms with van der Waals surface area (Å²) in [6.45, 7) is 1.90. The zero-order valence-corrected chi connectivity index (χ0v) is 17.7. The van der Waals surface area contributed by atoms with Gasteiger partial charge < -0.3 is 5.32 Å². The molecule has 1 N–H and O–H groups in total. The second-order valence-corrected chi connectivity index (χ2v) is 9.54. The molecule has 4 aliphatic carbocycles. The normalized spacial score (nSPS) is 32.1. The summed E-state index contributed by atoms with van der Waals surface area (Å²) in [6.07, 6.45) is 5.48. The van der Waals surface area contributed by atoms with Crippen molar-refractivity contribution in [2.45, 2.75) is 13.3 Å². The van der Waals surface area contributed by atoms with Gasteiger partial charge in [-0.25, -0.2) is 0 Å². The van der Waals surface area contributed by atoms with Gasteiger partial charge in [0, 0.05) is 16.3 Å². The zero-order valence-electron chi connectivity index (χ0n) is 16.9. The van der Waals surface area contributed by atoms with Crippen molar-refractivity contribution in [3.8, 4) is 0 Å². The van der Waals surface area contributed by atoms with Gasteiger partial charge in [0.05, 0.1) is 17.5 Å². The Morgan fingerprint density at radius 3 is 2.16 bits per heavy atom. The van der Waals surface area contributed by atoms with Crippen LogP contribution in [0.3, 0.4) is 0 Å². The molecule has 2 bridgehead atoms. The van der Waals surface area contributed by atoms with E-state index in [9.17, 15) is 14.4 Å². The number of aryl methyl sites for hydroxylation is 1. The maximum atomic E-state index is 13.2. The zero-order chi connectivity index (χ0) is 21.4. The number of benzene rings is 2. The minimum Gasteiger partial charge on any atom is -0.322 e. The second-order valence-electron chi connectivity index (χ2n) is 9.13. The lowest BCUT2D eigenvalue weighted by Gasteiger charge is -2.37. The Morgan fingerprint density at radius 1 is 0.968 bits per heavy atom. The molecule has 0 radical (unpaired) electrons. The van der Waals surface area contributed by atoms with Crippen molar-refractivity contribution >= 4 is 40.7 Å². The van der Waals surface area contributed by atoms with E-state index >= 15 is 0 Å². The van der Waals surface area contributed by atoms with Crippen molar-refractivity contribution in [1.82, 2.24) is 0 Å². The summed E-state index contributed by atoms with van der Waals surface area (Å²) in [4.78, 5) is 40.4. The standard InChI is InChI=1S/C25H21ClN2O3/c1-12-2-5-14(10-20(12)26)27-23(29)13-3-6-15(7-4-13)28-24(30)21-16-8-9-17(19-11-18(16)19)22(21)25(28)31/h2-10,16-19,21-22H,11H2,1H3,(H,27,29)/t16-,17-,18-,19-,21+,22+/m0/s1. The number of halogens is 1. The van der Waals surface area contributed by atoms with Gasteiger partial charge in [-0.1, -0.05) is 29.8 Å². The summed E-state index contributed by atoms with van der Waals surface area (Å²) in [5, 5.41) is 3.41. The molecule has 3 amide bonds. The van der Waals surface area contributed by atoms with Gasteiger partial charge in [-0.2, -0.15) is 0 Å². The molecule has 156 valence electrons. The molecule has 3 fully saturated rings. The molecule has 0 unspecified atom stereocenters. The Labute approximate surface area is 185 Å². The lowest BCUT2D eigenvalue weighted by atomic mass is 9.63. The minimum atomic E-state index is -0.276. The molecule has 2 saturated carbocycles. The van der Waals surface area contributed by atoms with Gasteiger partial charge in [-0.15, -0.1) is 0 Å². The fraction of sp³-hybridized carbons (Fsp3) is 0.320. The van der Waals surface area contributed by atoms with Crippen LogP contribution in [0.2, 0.25) is 5.02 Å². The maximum Gasteiger partial charge on any atom is 0.255 e. The smallest absolute Gasteiger partial charge is 0.255 e. The lowest BCUT2D eigenvalue weighted by Crippen LogP contribution is -2.40. The highest BCUT2D eigenvalue weighted by Gasteiger charge is 2.67. The average Bonchev–Trinajstić information content (AvgIpc) is 3.54. The molecule has 6 atom stereocenters. The predicted molar refractivity (Wildman–Crippen MR) is 118 cm³/mol. The van der Waals surface area contributed by atoms with Gasteiger partial charge in [-0.05, 0) is 79.0 Å². The first-order chi connectivity index (χ1) is 14.9. The van der Waals surface area contributed by atoms with Crippen molar-refractivity contribution < 1.29 is 14.4 Å². The van der Waals surface area contributed by atoms with Crippen LogP contribution in [-0.4, -0.2) is 17.7 Å². The first kappa shape index (κ1) is 18.8. The number of allylic oxidation sites excluding steroid dienone is 2. The molecule has 1 saturated heterocycles. The third-order valence-corrected chi connectivity index (χ3v) is 7.89. The molecule has 2 aromatic rings. The van der Waals surface area contributed by atoms with Crippen LogP contribution >= 0.6 is 11.6 Å². The van der Waals surface area contributed by atoms with Crippen LogP contribution < -0.4 is 10.2 Å². The number of amides is 3. The number of imide groups is 1. The molecule has 7 rings (SSSR count). The first-order valence-electron chi connectivity index (χ1n) is 10.7. The molecular weight excluding hydrogens is 412 g/mol. The third kappa shape index (κ3) is 2.72. The fourth-order valence-corrected chi connectivity index (χ4v) is 6.03. The van der Waals surface area contributed by atoms with Crippen molar-refractivity contribution in [2.24, 2.45) is 35.5 Å². The Morgan fingerprint density at radius 2 is 1.58 bits per heavy atom. The number of nitrogens with zero attached hydrogens (tertiary/aromatic N) is 1. The van der Waals surface area contributed by atoms with Crippen LogP contribution in [0.4, 0.5) is 11.4 Å². The Hall–Kier alpha value is -2.92. The van der Waals surface area contributed by atoms with Crippen LogP contribution in [-0.2, 0) is 9.59 Å². The van der Waals surface area contributed by atoms with E-state index in [0.29, 0.717) is 33.8 Å². The average molecular weight is 433 g/mol. The van der Waals surface area contributed by atoms with E-state index in [1.807, 2.05) is 13.0 Å². The van der Waals surface area contributed by atoms with Crippen molar-refractivity contribution in [3.63, 3.8) is 0 Å². The molecule has 5 aliphatic rings.